The van der Waals surface area contributed by atoms with Gasteiger partial charge in [0.15, 0.2) is 0 Å². The first kappa shape index (κ1) is 13.1. The highest BCUT2D eigenvalue weighted by Crippen LogP contribution is 2.25. The number of amides is 1. The van der Waals surface area contributed by atoms with E-state index in [2.05, 4.69) is 11.9 Å². The Morgan fingerprint density at radius 2 is 1.61 bits per heavy atom. The van der Waals surface area contributed by atoms with Gasteiger partial charge in [0.05, 0.1) is 5.41 Å². The minimum absolute atomic E-state index is 0.238. The molecule has 3 heteroatoms. The molecule has 3 nitrogen and oxygen atoms in total. The first-order valence-corrected chi connectivity index (χ1v) is 6.55. The fraction of sp³-hybridized carbons (Fsp3) is 0.533. The summed E-state index contributed by atoms with van der Waals surface area (Å²) < 4.78 is 0. The fourth-order valence-electron chi connectivity index (χ4n) is 2.38. The summed E-state index contributed by atoms with van der Waals surface area (Å²) in [5.74, 6) is 0.238. The highest BCUT2D eigenvalue weighted by Gasteiger charge is 2.34. The molecule has 0 N–H and O–H groups in total. The van der Waals surface area contributed by atoms with Gasteiger partial charge in [0.1, 0.15) is 0 Å². The molecule has 98 valence electrons. The van der Waals surface area contributed by atoms with Crippen molar-refractivity contribution in [3.05, 3.63) is 35.9 Å². The molecule has 1 aliphatic rings. The topological polar surface area (TPSA) is 23.6 Å². The van der Waals surface area contributed by atoms with E-state index in [9.17, 15) is 4.79 Å². The summed E-state index contributed by atoms with van der Waals surface area (Å²) in [5.41, 5.74) is 0.658. The minimum atomic E-state index is -0.433. The van der Waals surface area contributed by atoms with Crippen LogP contribution in [0.15, 0.2) is 30.3 Å². The molecule has 0 aromatic heterocycles. The van der Waals surface area contributed by atoms with Gasteiger partial charge < -0.3 is 9.80 Å². The van der Waals surface area contributed by atoms with Crippen molar-refractivity contribution in [2.75, 3.05) is 33.2 Å². The van der Waals surface area contributed by atoms with Crippen LogP contribution < -0.4 is 0 Å². The molecule has 18 heavy (non-hydrogen) atoms. The molecule has 1 amide bonds. The van der Waals surface area contributed by atoms with Gasteiger partial charge >= 0.3 is 0 Å². The summed E-state index contributed by atoms with van der Waals surface area (Å²) in [7, 11) is 2.10. The maximum atomic E-state index is 12.6. The molecule has 0 spiro atoms. The number of benzene rings is 1. The maximum Gasteiger partial charge on any atom is 0.232 e. The number of piperazine rings is 1. The van der Waals surface area contributed by atoms with Crippen molar-refractivity contribution in [2.24, 2.45) is 0 Å². The van der Waals surface area contributed by atoms with Crippen LogP contribution in [0.4, 0.5) is 0 Å². The lowest BCUT2D eigenvalue weighted by Gasteiger charge is -2.37. The number of hydrogen-bond acceptors (Lipinski definition) is 2. The van der Waals surface area contributed by atoms with E-state index >= 15 is 0 Å². The van der Waals surface area contributed by atoms with E-state index < -0.39 is 5.41 Å². The van der Waals surface area contributed by atoms with Crippen LogP contribution in [0, 0.1) is 0 Å². The van der Waals surface area contributed by atoms with Gasteiger partial charge in [-0.05, 0) is 26.5 Å². The van der Waals surface area contributed by atoms with Gasteiger partial charge in [-0.1, -0.05) is 30.3 Å². The minimum Gasteiger partial charge on any atom is -0.339 e. The Bertz CT molecular complexity index is 406. The van der Waals surface area contributed by atoms with Crippen LogP contribution >= 0.6 is 0 Å². The SMILES string of the molecule is CN1CCN(C(=O)C(C)(C)c2ccccc2)CC1. The van der Waals surface area contributed by atoms with Crippen LogP contribution in [0.3, 0.4) is 0 Å². The summed E-state index contributed by atoms with van der Waals surface area (Å²) in [6.07, 6.45) is 0. The smallest absolute Gasteiger partial charge is 0.232 e. The molecule has 0 unspecified atom stereocenters. The van der Waals surface area contributed by atoms with E-state index in [4.69, 9.17) is 0 Å². The van der Waals surface area contributed by atoms with Gasteiger partial charge in [-0.25, -0.2) is 0 Å². The van der Waals surface area contributed by atoms with E-state index in [-0.39, 0.29) is 5.91 Å². The second-order valence-electron chi connectivity index (χ2n) is 5.59. The van der Waals surface area contributed by atoms with Gasteiger partial charge in [0, 0.05) is 26.2 Å². The first-order chi connectivity index (χ1) is 8.51. The third-order valence-electron chi connectivity index (χ3n) is 3.82. The number of hydrogen-bond donors (Lipinski definition) is 0. The number of carbonyl (C=O) groups is 1. The molecule has 1 heterocycles. The lowest BCUT2D eigenvalue weighted by atomic mass is 9.83. The van der Waals surface area contributed by atoms with Crippen molar-refractivity contribution in [3.63, 3.8) is 0 Å². The van der Waals surface area contributed by atoms with Crippen molar-refractivity contribution < 1.29 is 4.79 Å². The van der Waals surface area contributed by atoms with Crippen LogP contribution in [0.25, 0.3) is 0 Å². The molecule has 2 rings (SSSR count). The highest BCUT2D eigenvalue weighted by molar-refractivity contribution is 5.87. The van der Waals surface area contributed by atoms with Crippen molar-refractivity contribution in [1.29, 1.82) is 0 Å². The molecule has 1 aromatic carbocycles. The van der Waals surface area contributed by atoms with Crippen LogP contribution in [0.5, 0.6) is 0 Å². The Balaban J connectivity index is 2.13. The van der Waals surface area contributed by atoms with Gasteiger partial charge in [0.25, 0.3) is 0 Å². The molecule has 0 atom stereocenters. The number of nitrogens with zero attached hydrogens (tertiary/aromatic N) is 2. The normalized spacial score (nSPS) is 17.8. The van der Waals surface area contributed by atoms with Crippen LogP contribution in [-0.4, -0.2) is 48.9 Å². The first-order valence-electron chi connectivity index (χ1n) is 6.55. The quantitative estimate of drug-likeness (QED) is 0.793. The summed E-state index contributed by atoms with van der Waals surface area (Å²) in [6.45, 7) is 7.65. The molecule has 1 saturated heterocycles. The van der Waals surface area contributed by atoms with E-state index in [1.165, 1.54) is 0 Å². The zero-order chi connectivity index (χ0) is 13.2. The molecule has 1 aliphatic heterocycles. The van der Waals surface area contributed by atoms with Crippen LogP contribution in [-0.2, 0) is 10.2 Å². The molecule has 1 aromatic rings. The van der Waals surface area contributed by atoms with Crippen LogP contribution in [0.2, 0.25) is 0 Å². The van der Waals surface area contributed by atoms with Crippen molar-refractivity contribution >= 4 is 5.91 Å². The molecular formula is C15H22N2O. The maximum absolute atomic E-state index is 12.6. The third kappa shape index (κ3) is 2.56. The zero-order valence-corrected chi connectivity index (χ0v) is 11.5. The summed E-state index contributed by atoms with van der Waals surface area (Å²) >= 11 is 0. The van der Waals surface area contributed by atoms with Crippen molar-refractivity contribution in [2.45, 2.75) is 19.3 Å². The van der Waals surface area contributed by atoms with Gasteiger partial charge in [-0.3, -0.25) is 4.79 Å². The molecule has 0 aliphatic carbocycles. The molecule has 0 saturated carbocycles. The highest BCUT2D eigenvalue weighted by atomic mass is 16.2. The van der Waals surface area contributed by atoms with Crippen LogP contribution in [0.1, 0.15) is 19.4 Å². The van der Waals surface area contributed by atoms with E-state index in [0.29, 0.717) is 0 Å². The average molecular weight is 246 g/mol. The largest absolute Gasteiger partial charge is 0.339 e. The fourth-order valence-corrected chi connectivity index (χ4v) is 2.38. The number of likely N-dealkylation sites (N-methyl/N-ethyl adjacent to an activating group) is 1. The monoisotopic (exact) mass is 246 g/mol. The van der Waals surface area contributed by atoms with Gasteiger partial charge in [-0.2, -0.15) is 0 Å². The van der Waals surface area contributed by atoms with E-state index in [0.717, 1.165) is 31.7 Å². The summed E-state index contributed by atoms with van der Waals surface area (Å²) in [5, 5.41) is 0. The zero-order valence-electron chi connectivity index (χ0n) is 11.5. The Morgan fingerprint density at radius 3 is 2.17 bits per heavy atom. The molecule has 1 fully saturated rings. The standard InChI is InChI=1S/C15H22N2O/c1-15(2,13-7-5-4-6-8-13)14(18)17-11-9-16(3)10-12-17/h4-8H,9-12H2,1-3H3. The second kappa shape index (κ2) is 5.11. The Kier molecular flexibility index (Phi) is 3.71. The predicted molar refractivity (Wildman–Crippen MR) is 73.5 cm³/mol. The Hall–Kier alpha value is -1.35. The van der Waals surface area contributed by atoms with Crippen molar-refractivity contribution in [3.8, 4) is 0 Å². The molecular weight excluding hydrogens is 224 g/mol. The number of carbonyl (C=O) groups excluding carboxylic acids is 1. The van der Waals surface area contributed by atoms with Crippen molar-refractivity contribution in [1.82, 2.24) is 9.80 Å². The van der Waals surface area contributed by atoms with Gasteiger partial charge in [0.2, 0.25) is 5.91 Å². The van der Waals surface area contributed by atoms with E-state index in [1.54, 1.807) is 0 Å². The summed E-state index contributed by atoms with van der Waals surface area (Å²) in [4.78, 5) is 16.9. The lowest BCUT2D eigenvalue weighted by Crippen LogP contribution is -2.52. The van der Waals surface area contributed by atoms with Gasteiger partial charge in [-0.15, -0.1) is 0 Å². The van der Waals surface area contributed by atoms with E-state index in [1.807, 2.05) is 49.1 Å². The Labute approximate surface area is 109 Å². The number of rotatable bonds is 2. The predicted octanol–water partition coefficient (Wildman–Crippen LogP) is 1.74. The lowest BCUT2D eigenvalue weighted by molar-refractivity contribution is -0.137. The second-order valence-corrected chi connectivity index (χ2v) is 5.59. The molecule has 0 bridgehead atoms. The molecule has 0 radical (unpaired) electrons. The third-order valence-corrected chi connectivity index (χ3v) is 3.82. The average Bonchev–Trinajstić information content (AvgIpc) is 2.40. The summed E-state index contributed by atoms with van der Waals surface area (Å²) in [6, 6.07) is 10.0. The Morgan fingerprint density at radius 1 is 1.06 bits per heavy atom.